The van der Waals surface area contributed by atoms with Crippen LogP contribution in [-0.4, -0.2) is 14.0 Å². The van der Waals surface area contributed by atoms with Crippen LogP contribution >= 0.6 is 46.4 Å². The van der Waals surface area contributed by atoms with E-state index in [1.807, 2.05) is 12.1 Å². The third-order valence-corrected chi connectivity index (χ3v) is 3.79. The van der Waals surface area contributed by atoms with Crippen LogP contribution in [-0.2, 0) is 0 Å². The Bertz CT molecular complexity index is 274. The second-order valence-electron chi connectivity index (χ2n) is 2.05. The lowest BCUT2D eigenvalue weighted by Gasteiger charge is -2.03. The highest BCUT2D eigenvalue weighted by molar-refractivity contribution is 6.77. The van der Waals surface area contributed by atoms with Gasteiger partial charge in [0.1, 0.15) is 9.52 Å². The fourth-order valence-electron chi connectivity index (χ4n) is 0.733. The van der Waals surface area contributed by atoms with Gasteiger partial charge in [-0.3, -0.25) is 0 Å². The normalized spacial score (nSPS) is 10.8. The third-order valence-electron chi connectivity index (χ3n) is 1.22. The number of hydrogen-bond acceptors (Lipinski definition) is 0. The molecule has 0 fully saturated rings. The Kier molecular flexibility index (Phi) is 4.21. The van der Waals surface area contributed by atoms with Gasteiger partial charge in [-0.15, -0.1) is 23.2 Å². The van der Waals surface area contributed by atoms with E-state index < -0.39 is 4.46 Å². The minimum atomic E-state index is -0.416. The van der Waals surface area contributed by atoms with Gasteiger partial charge in [-0.05, 0) is 11.3 Å². The Hall–Kier alpha value is 0.597. The molecule has 1 aromatic rings. The van der Waals surface area contributed by atoms with Crippen molar-refractivity contribution in [1.29, 1.82) is 0 Å². The predicted molar refractivity (Wildman–Crippen MR) is 57.3 cm³/mol. The van der Waals surface area contributed by atoms with Gasteiger partial charge in [0, 0.05) is 0 Å². The molecule has 1 aromatic carbocycles. The van der Waals surface area contributed by atoms with Crippen LogP contribution < -0.4 is 5.19 Å². The maximum absolute atomic E-state index is 5.90. The van der Waals surface area contributed by atoms with Crippen LogP contribution in [0.25, 0.3) is 0 Å². The Morgan fingerprint density at radius 1 is 1.17 bits per heavy atom. The number of hydrogen-bond donors (Lipinski definition) is 0. The Balaban J connectivity index is 2.92. The van der Waals surface area contributed by atoms with Crippen molar-refractivity contribution in [2.45, 2.75) is 4.46 Å². The van der Waals surface area contributed by atoms with E-state index in [9.17, 15) is 0 Å². The molecule has 1 rings (SSSR count). The number of benzene rings is 1. The average molecular weight is 258 g/mol. The van der Waals surface area contributed by atoms with Gasteiger partial charge < -0.3 is 0 Å². The lowest BCUT2D eigenvalue weighted by Crippen LogP contribution is -2.21. The third kappa shape index (κ3) is 2.82. The van der Waals surface area contributed by atoms with Gasteiger partial charge in [0.2, 0.25) is 0 Å². The first-order valence-electron chi connectivity index (χ1n) is 3.10. The molecule has 0 unspecified atom stereocenters. The lowest BCUT2D eigenvalue weighted by molar-refractivity contribution is 1.74. The molecule has 64 valence electrons. The van der Waals surface area contributed by atoms with Gasteiger partial charge in [0.15, 0.2) is 0 Å². The first-order valence-corrected chi connectivity index (χ1v) is 5.80. The van der Waals surface area contributed by atoms with Crippen molar-refractivity contribution in [3.63, 3.8) is 0 Å². The largest absolute Gasteiger partial charge is 0.126 e. The zero-order chi connectivity index (χ0) is 9.14. The van der Waals surface area contributed by atoms with Crippen molar-refractivity contribution in [3.05, 3.63) is 28.2 Å². The fraction of sp³-hybridized carbons (Fsp3) is 0.143. The predicted octanol–water partition coefficient (Wildman–Crippen LogP) is 3.08. The molecule has 0 bridgehead atoms. The monoisotopic (exact) mass is 256 g/mol. The van der Waals surface area contributed by atoms with Gasteiger partial charge in [0.05, 0.1) is 14.5 Å². The van der Waals surface area contributed by atoms with Gasteiger partial charge in [-0.25, -0.2) is 0 Å². The highest BCUT2D eigenvalue weighted by atomic mass is 35.5. The first-order chi connectivity index (χ1) is 5.61. The maximum Gasteiger partial charge on any atom is 0.126 e. The Labute approximate surface area is 93.6 Å². The Morgan fingerprint density at radius 3 is 2.42 bits per heavy atom. The van der Waals surface area contributed by atoms with Crippen LogP contribution in [0.15, 0.2) is 18.2 Å². The minimum absolute atomic E-state index is 0.271. The summed E-state index contributed by atoms with van der Waals surface area (Å²) in [6, 6.07) is 5.42. The molecule has 0 aliphatic carbocycles. The summed E-state index contributed by atoms with van der Waals surface area (Å²) < 4.78 is -0.416. The molecule has 0 saturated carbocycles. The average Bonchev–Trinajstić information content (AvgIpc) is 1.98. The van der Waals surface area contributed by atoms with Gasteiger partial charge in [0.25, 0.3) is 0 Å². The number of halogens is 4. The second kappa shape index (κ2) is 4.73. The molecule has 5 heteroatoms. The molecular formula is C7H4Cl4Si. The highest BCUT2D eigenvalue weighted by Gasteiger charge is 2.08. The van der Waals surface area contributed by atoms with Crippen molar-refractivity contribution >= 4 is 61.1 Å². The summed E-state index contributed by atoms with van der Waals surface area (Å²) in [5.74, 6) is 0. The van der Waals surface area contributed by atoms with E-state index >= 15 is 0 Å². The zero-order valence-corrected chi connectivity index (χ0v) is 9.84. The molecule has 0 aromatic heterocycles. The van der Waals surface area contributed by atoms with Crippen molar-refractivity contribution < 1.29 is 0 Å². The highest BCUT2D eigenvalue weighted by Crippen LogP contribution is 2.18. The van der Waals surface area contributed by atoms with Crippen LogP contribution in [0, 0.1) is 0 Å². The molecule has 0 aliphatic rings. The van der Waals surface area contributed by atoms with E-state index in [1.54, 1.807) is 6.07 Å². The summed E-state index contributed by atoms with van der Waals surface area (Å²) in [5.41, 5.74) is 0. The van der Waals surface area contributed by atoms with Crippen LogP contribution in [0.2, 0.25) is 10.0 Å². The van der Waals surface area contributed by atoms with E-state index in [0.29, 0.717) is 10.0 Å². The van der Waals surface area contributed by atoms with Crippen LogP contribution in [0.4, 0.5) is 0 Å². The maximum atomic E-state index is 5.90. The molecule has 0 aliphatic heterocycles. The van der Waals surface area contributed by atoms with Gasteiger partial charge in [-0.1, -0.05) is 35.3 Å². The molecular weight excluding hydrogens is 254 g/mol. The SMILES string of the molecule is Clc1cccc([Si]C(Cl)Cl)c1Cl. The van der Waals surface area contributed by atoms with Crippen molar-refractivity contribution in [3.8, 4) is 0 Å². The summed E-state index contributed by atoms with van der Waals surface area (Å²) in [7, 11) is 0.271. The van der Waals surface area contributed by atoms with E-state index in [0.717, 1.165) is 5.19 Å². The molecule has 0 N–H and O–H groups in total. The minimum Gasteiger partial charge on any atom is -0.110 e. The quantitative estimate of drug-likeness (QED) is 0.564. The van der Waals surface area contributed by atoms with Crippen molar-refractivity contribution in [1.82, 2.24) is 0 Å². The zero-order valence-electron chi connectivity index (χ0n) is 5.82. The molecule has 2 radical (unpaired) electrons. The molecule has 0 saturated heterocycles. The van der Waals surface area contributed by atoms with Crippen molar-refractivity contribution in [2.75, 3.05) is 0 Å². The molecule has 0 amide bonds. The topological polar surface area (TPSA) is 0 Å². The summed E-state index contributed by atoms with van der Waals surface area (Å²) in [4.78, 5) is 0. The van der Waals surface area contributed by atoms with Gasteiger partial charge >= 0.3 is 0 Å². The molecule has 0 nitrogen and oxygen atoms in total. The fourth-order valence-corrected chi connectivity index (χ4v) is 2.67. The number of rotatable bonds is 2. The lowest BCUT2D eigenvalue weighted by atomic mass is 10.4. The first kappa shape index (κ1) is 10.7. The van der Waals surface area contributed by atoms with Gasteiger partial charge in [-0.2, -0.15) is 0 Å². The van der Waals surface area contributed by atoms with E-state index in [4.69, 9.17) is 46.4 Å². The van der Waals surface area contributed by atoms with Crippen LogP contribution in [0.1, 0.15) is 0 Å². The molecule has 0 atom stereocenters. The standard InChI is InChI=1S/C7H4Cl4Si/c8-4-2-1-3-5(6(4)9)12-7(10)11/h1-3,7H. The van der Waals surface area contributed by atoms with Crippen LogP contribution in [0.3, 0.4) is 0 Å². The van der Waals surface area contributed by atoms with E-state index in [-0.39, 0.29) is 9.52 Å². The van der Waals surface area contributed by atoms with Crippen molar-refractivity contribution in [2.24, 2.45) is 0 Å². The Morgan fingerprint density at radius 2 is 1.83 bits per heavy atom. The smallest absolute Gasteiger partial charge is 0.110 e. The molecule has 12 heavy (non-hydrogen) atoms. The molecule has 0 spiro atoms. The summed E-state index contributed by atoms with van der Waals surface area (Å²) in [6.07, 6.45) is 0. The summed E-state index contributed by atoms with van der Waals surface area (Å²) in [5, 5.41) is 1.98. The summed E-state index contributed by atoms with van der Waals surface area (Å²) in [6.45, 7) is 0. The second-order valence-corrected chi connectivity index (χ2v) is 6.06. The summed E-state index contributed by atoms with van der Waals surface area (Å²) >= 11 is 22.9. The number of alkyl halides is 2. The molecule has 0 heterocycles. The van der Waals surface area contributed by atoms with Crippen LogP contribution in [0.5, 0.6) is 0 Å². The van der Waals surface area contributed by atoms with E-state index in [2.05, 4.69) is 0 Å². The van der Waals surface area contributed by atoms with E-state index in [1.165, 1.54) is 0 Å².